The molecule has 0 aromatic carbocycles. The molecule has 0 bridgehead atoms. The van der Waals surface area contributed by atoms with E-state index in [1.54, 1.807) is 0 Å². The quantitative estimate of drug-likeness (QED) is 0.139. The van der Waals surface area contributed by atoms with Crippen LogP contribution in [-0.2, 0) is 0 Å². The Morgan fingerprint density at radius 1 is 0.385 bits per heavy atom. The average Bonchev–Trinajstić information content (AvgIpc) is 2.65. The van der Waals surface area contributed by atoms with E-state index in [9.17, 15) is 0 Å². The number of halogens is 1. The molecule has 0 aromatic rings. The number of rotatable bonds is 20. The van der Waals surface area contributed by atoms with Crippen molar-refractivity contribution in [2.24, 2.45) is 0 Å². The topological polar surface area (TPSA) is 0 Å². The molecule has 160 valence electrons. The second-order valence-electron chi connectivity index (χ2n) is 8.96. The summed E-state index contributed by atoms with van der Waals surface area (Å²) >= 11 is 7.77. The van der Waals surface area contributed by atoms with E-state index in [2.05, 4.69) is 27.7 Å². The second-order valence-corrected chi connectivity index (χ2v) is 17.3. The molecule has 0 amide bonds. The molecule has 0 radical (unpaired) electrons. The molecule has 0 aromatic heterocycles. The van der Waals surface area contributed by atoms with Crippen molar-refractivity contribution >= 4 is 17.2 Å². The molecule has 0 N–H and O–H groups in total. The fourth-order valence-electron chi connectivity index (χ4n) is 4.35. The average molecular weight is 407 g/mol. The van der Waals surface area contributed by atoms with Crippen LogP contribution in [0.25, 0.3) is 0 Å². The molecule has 0 saturated carbocycles. The molecule has 0 nitrogen and oxygen atoms in total. The zero-order chi connectivity index (χ0) is 19.6. The third-order valence-electron chi connectivity index (χ3n) is 6.28. The summed E-state index contributed by atoms with van der Waals surface area (Å²) in [4.78, 5) is 0. The first-order chi connectivity index (χ1) is 12.5. The van der Waals surface area contributed by atoms with E-state index in [1.807, 2.05) is 0 Å². The van der Waals surface area contributed by atoms with Gasteiger partial charge in [0.05, 0.1) is 0 Å². The van der Waals surface area contributed by atoms with E-state index < -0.39 is 5.96 Å². The minimum atomic E-state index is -1.99. The zero-order valence-electron chi connectivity index (χ0n) is 19.0. The van der Waals surface area contributed by atoms with Gasteiger partial charge in [-0.25, -0.2) is 0 Å². The van der Waals surface area contributed by atoms with Gasteiger partial charge in [-0.1, -0.05) is 0 Å². The Morgan fingerprint density at radius 2 is 0.654 bits per heavy atom. The van der Waals surface area contributed by atoms with Crippen molar-refractivity contribution in [1.29, 1.82) is 0 Å². The molecule has 26 heavy (non-hydrogen) atoms. The van der Waals surface area contributed by atoms with Gasteiger partial charge in [-0.3, -0.25) is 0 Å². The first-order valence-electron chi connectivity index (χ1n) is 12.3. The summed E-state index contributed by atoms with van der Waals surface area (Å²) in [5.74, 6) is -1.99. The van der Waals surface area contributed by atoms with Gasteiger partial charge in [0, 0.05) is 0 Å². The fraction of sp³-hybridized carbons (Fsp3) is 1.00. The summed E-state index contributed by atoms with van der Waals surface area (Å²) < 4.78 is 0. The van der Waals surface area contributed by atoms with Crippen molar-refractivity contribution in [3.05, 3.63) is 0 Å². The Hall–Kier alpha value is 0.720. The van der Waals surface area contributed by atoms with E-state index in [1.165, 1.54) is 127 Å². The maximum atomic E-state index is 7.77. The van der Waals surface area contributed by atoms with Gasteiger partial charge in [-0.05, 0) is 0 Å². The van der Waals surface area contributed by atoms with Crippen LogP contribution in [0.3, 0.4) is 0 Å². The van der Waals surface area contributed by atoms with Crippen LogP contribution in [0.15, 0.2) is 0 Å². The summed E-state index contributed by atoms with van der Waals surface area (Å²) in [6, 6.07) is 0. The van der Waals surface area contributed by atoms with Crippen LogP contribution in [-0.4, -0.2) is 24.6 Å². The predicted molar refractivity (Wildman–Crippen MR) is 129 cm³/mol. The summed E-state index contributed by atoms with van der Waals surface area (Å²) in [5.41, 5.74) is 0. The molecular weight excluding hydrogens is 355 g/mol. The summed E-state index contributed by atoms with van der Waals surface area (Å²) in [5, 5.41) is 0. The van der Waals surface area contributed by atoms with Crippen LogP contribution < -0.4 is 0 Å². The first-order valence-corrected chi connectivity index (χ1v) is 16.1. The Bertz CT molecular complexity index is 275. The molecule has 0 saturated heterocycles. The molecule has 2 heteroatoms. The van der Waals surface area contributed by atoms with Gasteiger partial charge in [0.25, 0.3) is 0 Å². The number of hydrogen-bond donors (Lipinski definition) is 0. The molecule has 0 aliphatic carbocycles. The van der Waals surface area contributed by atoms with Crippen LogP contribution in [0.5, 0.6) is 0 Å². The van der Waals surface area contributed by atoms with E-state index >= 15 is 0 Å². The van der Waals surface area contributed by atoms with Crippen molar-refractivity contribution in [2.75, 3.05) is 24.6 Å². The van der Waals surface area contributed by atoms with Crippen molar-refractivity contribution < 1.29 is 0 Å². The standard InChI is InChI=1S/C24H52ClP/c1-5-9-13-15-17-19-23-26(25,21-11-7-3,22-12-8-4)24-20-18-16-14-10-6-2/h5-24H2,1-4H3. The zero-order valence-corrected chi connectivity index (χ0v) is 20.6. The number of unbranched alkanes of at least 4 members (excludes halogenated alkanes) is 12. The molecule has 0 heterocycles. The fourth-order valence-corrected chi connectivity index (χ4v) is 11.4. The van der Waals surface area contributed by atoms with Crippen LogP contribution >= 0.6 is 17.2 Å². The van der Waals surface area contributed by atoms with Gasteiger partial charge in [0.15, 0.2) is 0 Å². The van der Waals surface area contributed by atoms with Gasteiger partial charge in [-0.15, -0.1) is 0 Å². The molecule has 0 atom stereocenters. The number of hydrogen-bond acceptors (Lipinski definition) is 0. The van der Waals surface area contributed by atoms with Crippen LogP contribution in [0.2, 0.25) is 0 Å². The Balaban J connectivity index is 4.65. The maximum absolute atomic E-state index is 7.77. The van der Waals surface area contributed by atoms with E-state index in [-0.39, 0.29) is 0 Å². The second kappa shape index (κ2) is 16.7. The van der Waals surface area contributed by atoms with Gasteiger partial charge < -0.3 is 0 Å². The van der Waals surface area contributed by atoms with Crippen molar-refractivity contribution in [3.8, 4) is 0 Å². The molecule has 0 rings (SSSR count). The van der Waals surface area contributed by atoms with Crippen LogP contribution in [0.1, 0.15) is 130 Å². The summed E-state index contributed by atoms with van der Waals surface area (Å²) in [6.07, 6.45) is 27.7. The monoisotopic (exact) mass is 406 g/mol. The molecule has 0 unspecified atom stereocenters. The summed E-state index contributed by atoms with van der Waals surface area (Å²) in [6.45, 7) is 9.29. The first kappa shape index (κ1) is 26.7. The third-order valence-corrected chi connectivity index (χ3v) is 14.0. The van der Waals surface area contributed by atoms with Crippen LogP contribution in [0.4, 0.5) is 0 Å². The Labute approximate surface area is 172 Å². The molecule has 0 spiro atoms. The molecule has 0 aliphatic rings. The van der Waals surface area contributed by atoms with Crippen LogP contribution in [0, 0.1) is 0 Å². The van der Waals surface area contributed by atoms with Gasteiger partial charge in [0.2, 0.25) is 0 Å². The summed E-state index contributed by atoms with van der Waals surface area (Å²) in [7, 11) is 0. The van der Waals surface area contributed by atoms with Gasteiger partial charge in [-0.2, -0.15) is 0 Å². The SMILES string of the molecule is CCCCCCCCP(Cl)(CCCC)(CCCC)CCCCCCCC. The Morgan fingerprint density at radius 3 is 1.00 bits per heavy atom. The minimum absolute atomic E-state index is 1.31. The molecule has 0 aliphatic heterocycles. The third kappa shape index (κ3) is 13.0. The van der Waals surface area contributed by atoms with Crippen molar-refractivity contribution in [2.45, 2.75) is 130 Å². The van der Waals surface area contributed by atoms with E-state index in [0.717, 1.165) is 0 Å². The Kier molecular flexibility index (Phi) is 17.1. The van der Waals surface area contributed by atoms with E-state index in [0.29, 0.717) is 0 Å². The van der Waals surface area contributed by atoms with Crippen molar-refractivity contribution in [3.63, 3.8) is 0 Å². The van der Waals surface area contributed by atoms with Gasteiger partial charge >= 0.3 is 172 Å². The van der Waals surface area contributed by atoms with Crippen molar-refractivity contribution in [1.82, 2.24) is 0 Å². The molecule has 0 fully saturated rings. The molecular formula is C24H52ClP. The predicted octanol–water partition coefficient (Wildman–Crippen LogP) is 10.0. The van der Waals surface area contributed by atoms with E-state index in [4.69, 9.17) is 11.2 Å². The normalized spacial score (nSPS) is 13.7. The van der Waals surface area contributed by atoms with Gasteiger partial charge in [0.1, 0.15) is 0 Å².